The quantitative estimate of drug-likeness (QED) is 0.519. The van der Waals surface area contributed by atoms with Crippen LogP contribution in [0.4, 0.5) is 0 Å². The van der Waals surface area contributed by atoms with Crippen LogP contribution in [0.2, 0.25) is 0 Å². The van der Waals surface area contributed by atoms with Gasteiger partial charge in [0.1, 0.15) is 6.54 Å². The third-order valence-corrected chi connectivity index (χ3v) is 1.33. The van der Waals surface area contributed by atoms with Crippen LogP contribution in [0.25, 0.3) is 0 Å². The van der Waals surface area contributed by atoms with E-state index in [4.69, 9.17) is 12.2 Å². The molecule has 0 fully saturated rings. The fourth-order valence-electron chi connectivity index (χ4n) is 0.387. The van der Waals surface area contributed by atoms with Crippen molar-refractivity contribution in [1.29, 1.82) is 0 Å². The van der Waals surface area contributed by atoms with Crippen LogP contribution in [0.3, 0.4) is 0 Å². The Balaban J connectivity index is 3.37. The third kappa shape index (κ3) is 2.99. The number of hydrogen-bond donors (Lipinski definition) is 1. The summed E-state index contributed by atoms with van der Waals surface area (Å²) in [5.41, 5.74) is 0. The highest BCUT2D eigenvalue weighted by Crippen LogP contribution is 1.94. The Morgan fingerprint density at radius 2 is 2.12 bits per heavy atom. The molecule has 0 aromatic heterocycles. The summed E-state index contributed by atoms with van der Waals surface area (Å²) in [4.78, 5) is 0. The predicted octanol–water partition coefficient (Wildman–Crippen LogP) is 0.114. The molecule has 0 heterocycles. The van der Waals surface area contributed by atoms with Crippen molar-refractivity contribution in [2.75, 3.05) is 26.7 Å². The van der Waals surface area contributed by atoms with E-state index in [0.717, 1.165) is 6.54 Å². The maximum atomic E-state index is 8.44. The fourth-order valence-corrected chi connectivity index (χ4v) is 0.387. The summed E-state index contributed by atoms with van der Waals surface area (Å²) in [6.07, 6.45) is 0. The van der Waals surface area contributed by atoms with E-state index in [1.54, 1.807) is 0 Å². The van der Waals surface area contributed by atoms with Crippen LogP contribution in [-0.4, -0.2) is 36.3 Å². The van der Waals surface area contributed by atoms with Crippen LogP contribution in [0.5, 0.6) is 0 Å². The van der Waals surface area contributed by atoms with Gasteiger partial charge in [0.2, 0.25) is 7.05 Å². The van der Waals surface area contributed by atoms with Crippen molar-refractivity contribution in [2.45, 2.75) is 6.92 Å². The van der Waals surface area contributed by atoms with Gasteiger partial charge in [-0.3, -0.25) is 0 Å². The first-order valence-corrected chi connectivity index (χ1v) is 2.86. The SMILES string of the molecule is [CH][N+](C)(CC)CCO. The lowest BCUT2D eigenvalue weighted by atomic mass is 10.5. The Hall–Kier alpha value is -0.0800. The highest BCUT2D eigenvalue weighted by atomic mass is 16.3. The summed E-state index contributed by atoms with van der Waals surface area (Å²) in [6.45, 7) is 3.66. The topological polar surface area (TPSA) is 20.2 Å². The maximum absolute atomic E-state index is 8.44. The molecule has 2 radical (unpaired) electrons. The van der Waals surface area contributed by atoms with E-state index in [9.17, 15) is 0 Å². The van der Waals surface area contributed by atoms with Gasteiger partial charge in [-0.05, 0) is 6.92 Å². The standard InChI is InChI=1S/C6H14NO/c1-4-7(2,3)5-6-8/h2,8H,4-6H2,1,3H3/q+1. The molecule has 1 N–H and O–H groups in total. The molecule has 48 valence electrons. The second kappa shape index (κ2) is 3.05. The van der Waals surface area contributed by atoms with E-state index >= 15 is 0 Å². The largest absolute Gasteiger partial charge is 0.391 e. The van der Waals surface area contributed by atoms with E-state index in [0.29, 0.717) is 11.0 Å². The number of quaternary nitrogens is 1. The number of aliphatic hydroxyl groups excluding tert-OH is 1. The Kier molecular flexibility index (Phi) is 3.02. The molecular formula is C6H14NO+. The molecule has 0 saturated heterocycles. The zero-order valence-corrected chi connectivity index (χ0v) is 5.59. The van der Waals surface area contributed by atoms with Gasteiger partial charge < -0.3 is 9.59 Å². The Labute approximate surface area is 51.3 Å². The number of nitrogens with zero attached hydrogens (tertiary/aromatic N) is 1. The van der Waals surface area contributed by atoms with Crippen LogP contribution in [-0.2, 0) is 0 Å². The minimum Gasteiger partial charge on any atom is -0.391 e. The summed E-state index contributed by atoms with van der Waals surface area (Å²) in [6, 6.07) is 0. The minimum atomic E-state index is 0.167. The van der Waals surface area contributed by atoms with Crippen molar-refractivity contribution in [2.24, 2.45) is 0 Å². The maximum Gasteiger partial charge on any atom is 0.206 e. The van der Waals surface area contributed by atoms with Crippen molar-refractivity contribution < 1.29 is 9.59 Å². The van der Waals surface area contributed by atoms with Crippen LogP contribution >= 0.6 is 0 Å². The molecule has 0 aliphatic heterocycles. The number of hydrogen-bond acceptors (Lipinski definition) is 1. The van der Waals surface area contributed by atoms with Gasteiger partial charge in [0, 0.05) is 0 Å². The molecule has 2 heteroatoms. The van der Waals surface area contributed by atoms with E-state index < -0.39 is 0 Å². The summed E-state index contributed by atoms with van der Waals surface area (Å²) < 4.78 is 0.413. The Morgan fingerprint density at radius 3 is 2.25 bits per heavy atom. The van der Waals surface area contributed by atoms with Crippen molar-refractivity contribution >= 4 is 0 Å². The normalized spacial score (nSPS) is 12.0. The van der Waals surface area contributed by atoms with Crippen molar-refractivity contribution in [3.63, 3.8) is 0 Å². The van der Waals surface area contributed by atoms with E-state index in [1.165, 1.54) is 0 Å². The highest BCUT2D eigenvalue weighted by Gasteiger charge is 2.10. The first kappa shape index (κ1) is 7.92. The van der Waals surface area contributed by atoms with Crippen molar-refractivity contribution in [1.82, 2.24) is 0 Å². The van der Waals surface area contributed by atoms with Gasteiger partial charge in [-0.2, -0.15) is 0 Å². The zero-order chi connectivity index (χ0) is 6.62. The Bertz CT molecular complexity index is 61.5. The van der Waals surface area contributed by atoms with Crippen LogP contribution < -0.4 is 0 Å². The van der Waals surface area contributed by atoms with Gasteiger partial charge in [0.05, 0.1) is 20.2 Å². The van der Waals surface area contributed by atoms with Gasteiger partial charge in [-0.1, -0.05) is 0 Å². The molecule has 1 unspecified atom stereocenters. The second-order valence-corrected chi connectivity index (χ2v) is 2.24. The molecule has 0 aliphatic rings. The first-order chi connectivity index (χ1) is 3.62. The molecule has 8 heavy (non-hydrogen) atoms. The average Bonchev–Trinajstić information content (AvgIpc) is 1.67. The lowest BCUT2D eigenvalue weighted by molar-refractivity contribution is -0.864. The molecule has 2 nitrogen and oxygen atoms in total. The van der Waals surface area contributed by atoms with Crippen molar-refractivity contribution in [3.8, 4) is 0 Å². The summed E-state index contributed by atoms with van der Waals surface area (Å²) >= 11 is 0. The molecule has 0 spiro atoms. The number of likely N-dealkylation sites (N-methyl/N-ethyl adjacent to an activating group) is 1. The molecule has 0 aromatic rings. The van der Waals surface area contributed by atoms with Gasteiger partial charge in [-0.15, -0.1) is 0 Å². The summed E-state index contributed by atoms with van der Waals surface area (Å²) in [5.74, 6) is 0. The summed E-state index contributed by atoms with van der Waals surface area (Å²) in [7, 11) is 7.49. The molecule has 0 saturated carbocycles. The van der Waals surface area contributed by atoms with Gasteiger partial charge in [0.25, 0.3) is 0 Å². The van der Waals surface area contributed by atoms with Gasteiger partial charge >= 0.3 is 0 Å². The van der Waals surface area contributed by atoms with Gasteiger partial charge in [-0.25, -0.2) is 0 Å². The molecular weight excluding hydrogens is 102 g/mol. The molecule has 1 atom stereocenters. The lowest BCUT2D eigenvalue weighted by Gasteiger charge is -2.24. The zero-order valence-electron chi connectivity index (χ0n) is 5.59. The molecule has 0 aromatic carbocycles. The second-order valence-electron chi connectivity index (χ2n) is 2.24. The number of aliphatic hydroxyl groups is 1. The van der Waals surface area contributed by atoms with Gasteiger partial charge in [0.15, 0.2) is 0 Å². The smallest absolute Gasteiger partial charge is 0.206 e. The first-order valence-electron chi connectivity index (χ1n) is 2.86. The van der Waals surface area contributed by atoms with Crippen molar-refractivity contribution in [3.05, 3.63) is 7.05 Å². The van der Waals surface area contributed by atoms with E-state index in [1.807, 2.05) is 14.0 Å². The average molecular weight is 116 g/mol. The van der Waals surface area contributed by atoms with Crippen LogP contribution in [0.15, 0.2) is 0 Å². The highest BCUT2D eigenvalue weighted by molar-refractivity contribution is 4.29. The minimum absolute atomic E-state index is 0.167. The third-order valence-electron chi connectivity index (χ3n) is 1.33. The molecule has 0 bridgehead atoms. The fraction of sp³-hybridized carbons (Fsp3) is 0.833. The number of rotatable bonds is 3. The van der Waals surface area contributed by atoms with E-state index in [2.05, 4.69) is 0 Å². The van der Waals surface area contributed by atoms with E-state index in [-0.39, 0.29) is 6.61 Å². The lowest BCUT2D eigenvalue weighted by Crippen LogP contribution is -2.39. The monoisotopic (exact) mass is 116 g/mol. The summed E-state index contributed by atoms with van der Waals surface area (Å²) in [5, 5.41) is 8.44. The van der Waals surface area contributed by atoms with Crippen LogP contribution in [0.1, 0.15) is 6.92 Å². The van der Waals surface area contributed by atoms with Crippen LogP contribution in [0, 0.1) is 7.05 Å². The predicted molar refractivity (Wildman–Crippen MR) is 33.0 cm³/mol. The molecule has 0 aliphatic carbocycles. The Morgan fingerprint density at radius 1 is 1.62 bits per heavy atom. The molecule has 0 rings (SSSR count). The molecule has 0 amide bonds.